The van der Waals surface area contributed by atoms with Crippen LogP contribution < -0.4 is 5.32 Å². The predicted molar refractivity (Wildman–Crippen MR) is 82.5 cm³/mol. The fourth-order valence-electron chi connectivity index (χ4n) is 3.31. The number of aliphatic hydroxyl groups excluding tert-OH is 1. The van der Waals surface area contributed by atoms with E-state index >= 15 is 0 Å². The van der Waals surface area contributed by atoms with Gasteiger partial charge in [0.1, 0.15) is 0 Å². The van der Waals surface area contributed by atoms with Crippen molar-refractivity contribution < 1.29 is 14.6 Å². The molecule has 2 N–H and O–H groups in total. The first-order chi connectivity index (χ1) is 10.2. The van der Waals surface area contributed by atoms with Crippen LogP contribution in [0, 0.1) is 12.8 Å². The van der Waals surface area contributed by atoms with E-state index in [1.54, 1.807) is 11.3 Å². The van der Waals surface area contributed by atoms with Crippen LogP contribution in [-0.4, -0.2) is 36.4 Å². The van der Waals surface area contributed by atoms with Crippen LogP contribution in [0.15, 0.2) is 11.4 Å². The molecule has 0 spiro atoms. The third-order valence-electron chi connectivity index (χ3n) is 4.79. The number of carbonyl (C=O) groups excluding carboxylic acids is 1. The van der Waals surface area contributed by atoms with Gasteiger partial charge in [-0.25, -0.2) is 0 Å². The topological polar surface area (TPSA) is 58.6 Å². The lowest BCUT2D eigenvalue weighted by molar-refractivity contribution is -0.126. The SMILES string of the molecule is Cc1ccsc1[C@@H]1C[C@@H]1C(=O)NC1(CCO)CCOCC1. The van der Waals surface area contributed by atoms with Crippen LogP contribution in [0.2, 0.25) is 0 Å². The van der Waals surface area contributed by atoms with Gasteiger partial charge >= 0.3 is 0 Å². The van der Waals surface area contributed by atoms with Gasteiger partial charge in [-0.3, -0.25) is 4.79 Å². The van der Waals surface area contributed by atoms with E-state index in [4.69, 9.17) is 4.74 Å². The van der Waals surface area contributed by atoms with Gasteiger partial charge < -0.3 is 15.2 Å². The van der Waals surface area contributed by atoms with Crippen molar-refractivity contribution in [2.75, 3.05) is 19.8 Å². The van der Waals surface area contributed by atoms with E-state index in [-0.39, 0.29) is 24.0 Å². The average molecular weight is 309 g/mol. The summed E-state index contributed by atoms with van der Waals surface area (Å²) in [6.45, 7) is 3.56. The molecule has 3 rings (SSSR count). The average Bonchev–Trinajstić information content (AvgIpc) is 3.15. The fraction of sp³-hybridized carbons (Fsp3) is 0.688. The minimum Gasteiger partial charge on any atom is -0.396 e. The molecule has 0 aromatic carbocycles. The van der Waals surface area contributed by atoms with E-state index in [9.17, 15) is 9.90 Å². The van der Waals surface area contributed by atoms with E-state index in [2.05, 4.69) is 23.7 Å². The van der Waals surface area contributed by atoms with Crippen molar-refractivity contribution in [1.29, 1.82) is 0 Å². The van der Waals surface area contributed by atoms with Crippen LogP contribution in [0.25, 0.3) is 0 Å². The molecular weight excluding hydrogens is 286 g/mol. The van der Waals surface area contributed by atoms with Crippen molar-refractivity contribution in [3.63, 3.8) is 0 Å². The van der Waals surface area contributed by atoms with E-state index < -0.39 is 0 Å². The Hall–Kier alpha value is -0.910. The molecule has 1 aliphatic carbocycles. The minimum absolute atomic E-state index is 0.110. The Bertz CT molecular complexity index is 502. The molecule has 116 valence electrons. The molecule has 0 unspecified atom stereocenters. The van der Waals surface area contributed by atoms with Crippen molar-refractivity contribution >= 4 is 17.2 Å². The molecule has 1 amide bonds. The van der Waals surface area contributed by atoms with Gasteiger partial charge in [-0.1, -0.05) is 0 Å². The molecular formula is C16H23NO3S. The maximum atomic E-state index is 12.5. The van der Waals surface area contributed by atoms with Crippen molar-refractivity contribution in [3.8, 4) is 0 Å². The Balaban J connectivity index is 1.62. The summed E-state index contributed by atoms with van der Waals surface area (Å²) in [5.41, 5.74) is 1.04. The monoisotopic (exact) mass is 309 g/mol. The first kappa shape index (κ1) is 15.0. The molecule has 1 aliphatic heterocycles. The number of aliphatic hydroxyl groups is 1. The quantitative estimate of drug-likeness (QED) is 0.877. The highest BCUT2D eigenvalue weighted by molar-refractivity contribution is 7.10. The van der Waals surface area contributed by atoms with Crippen molar-refractivity contribution in [3.05, 3.63) is 21.9 Å². The molecule has 2 atom stereocenters. The highest BCUT2D eigenvalue weighted by Crippen LogP contribution is 2.50. The highest BCUT2D eigenvalue weighted by atomic mass is 32.1. The van der Waals surface area contributed by atoms with Crippen LogP contribution in [0.4, 0.5) is 0 Å². The van der Waals surface area contributed by atoms with E-state index in [1.807, 2.05) is 0 Å². The molecule has 0 radical (unpaired) electrons. The normalized spacial score (nSPS) is 27.3. The molecule has 21 heavy (non-hydrogen) atoms. The predicted octanol–water partition coefficient (Wildman–Crippen LogP) is 2.21. The van der Waals surface area contributed by atoms with E-state index in [1.165, 1.54) is 10.4 Å². The summed E-state index contributed by atoms with van der Waals surface area (Å²) < 4.78 is 5.39. The largest absolute Gasteiger partial charge is 0.396 e. The van der Waals surface area contributed by atoms with E-state index in [0.29, 0.717) is 25.6 Å². The van der Waals surface area contributed by atoms with Gasteiger partial charge in [0.2, 0.25) is 5.91 Å². The lowest BCUT2D eigenvalue weighted by atomic mass is 9.86. The Morgan fingerprint density at radius 1 is 1.52 bits per heavy atom. The van der Waals surface area contributed by atoms with Crippen LogP contribution >= 0.6 is 11.3 Å². The number of thiophene rings is 1. The van der Waals surface area contributed by atoms with Gasteiger partial charge in [-0.05, 0) is 49.6 Å². The Morgan fingerprint density at radius 3 is 2.90 bits per heavy atom. The summed E-state index contributed by atoms with van der Waals surface area (Å²) in [4.78, 5) is 13.9. The Morgan fingerprint density at radius 2 is 2.29 bits per heavy atom. The number of carbonyl (C=O) groups is 1. The summed E-state index contributed by atoms with van der Waals surface area (Å²) in [5.74, 6) is 0.667. The van der Waals surface area contributed by atoms with Crippen LogP contribution in [0.3, 0.4) is 0 Å². The van der Waals surface area contributed by atoms with Gasteiger partial charge in [0, 0.05) is 42.1 Å². The van der Waals surface area contributed by atoms with Crippen LogP contribution in [0.1, 0.15) is 42.0 Å². The molecule has 1 aromatic rings. The zero-order valence-corrected chi connectivity index (χ0v) is 13.2. The molecule has 4 nitrogen and oxygen atoms in total. The summed E-state index contributed by atoms with van der Waals surface area (Å²) in [6, 6.07) is 2.12. The number of amides is 1. The fourth-order valence-corrected chi connectivity index (χ4v) is 4.41. The Kier molecular flexibility index (Phi) is 4.33. The first-order valence-corrected chi connectivity index (χ1v) is 8.58. The lowest BCUT2D eigenvalue weighted by Crippen LogP contribution is -2.53. The number of ether oxygens (including phenoxy) is 1. The highest BCUT2D eigenvalue weighted by Gasteiger charge is 2.47. The first-order valence-electron chi connectivity index (χ1n) is 7.70. The summed E-state index contributed by atoms with van der Waals surface area (Å²) >= 11 is 1.76. The number of aryl methyl sites for hydroxylation is 1. The second-order valence-electron chi connectivity index (χ2n) is 6.27. The molecule has 0 bridgehead atoms. The zero-order chi connectivity index (χ0) is 14.9. The van der Waals surface area contributed by atoms with Crippen LogP contribution in [-0.2, 0) is 9.53 Å². The van der Waals surface area contributed by atoms with E-state index in [0.717, 1.165) is 19.3 Å². The molecule has 5 heteroatoms. The molecule has 1 aromatic heterocycles. The van der Waals surface area contributed by atoms with Crippen molar-refractivity contribution in [2.45, 2.75) is 44.1 Å². The molecule has 1 saturated heterocycles. The third kappa shape index (κ3) is 3.15. The van der Waals surface area contributed by atoms with Gasteiger partial charge in [0.25, 0.3) is 0 Å². The second kappa shape index (κ2) is 6.07. The lowest BCUT2D eigenvalue weighted by Gasteiger charge is -2.37. The van der Waals surface area contributed by atoms with Gasteiger partial charge in [-0.2, -0.15) is 0 Å². The third-order valence-corrected chi connectivity index (χ3v) is 5.95. The maximum absolute atomic E-state index is 12.5. The minimum atomic E-state index is -0.262. The number of hydrogen-bond acceptors (Lipinski definition) is 4. The van der Waals surface area contributed by atoms with Gasteiger partial charge in [0.15, 0.2) is 0 Å². The molecule has 2 heterocycles. The smallest absolute Gasteiger partial charge is 0.224 e. The number of nitrogens with one attached hydrogen (secondary N) is 1. The Labute approximate surface area is 129 Å². The van der Waals surface area contributed by atoms with Crippen molar-refractivity contribution in [2.24, 2.45) is 5.92 Å². The van der Waals surface area contributed by atoms with Gasteiger partial charge in [-0.15, -0.1) is 11.3 Å². The molecule has 2 aliphatic rings. The zero-order valence-electron chi connectivity index (χ0n) is 12.4. The standard InChI is InChI=1S/C16H23NO3S/c1-11-2-9-21-14(11)12-10-13(12)15(19)17-16(3-6-18)4-7-20-8-5-16/h2,9,12-13,18H,3-8,10H2,1H3,(H,17,19)/t12-,13+/m1/s1. The van der Waals surface area contributed by atoms with Gasteiger partial charge in [0.05, 0.1) is 0 Å². The second-order valence-corrected chi connectivity index (χ2v) is 7.22. The number of rotatable bonds is 5. The molecule has 2 fully saturated rings. The number of hydrogen-bond donors (Lipinski definition) is 2. The maximum Gasteiger partial charge on any atom is 0.224 e. The van der Waals surface area contributed by atoms with Crippen molar-refractivity contribution in [1.82, 2.24) is 5.32 Å². The van der Waals surface area contributed by atoms with Crippen LogP contribution in [0.5, 0.6) is 0 Å². The molecule has 1 saturated carbocycles. The summed E-state index contributed by atoms with van der Waals surface area (Å²) in [5, 5.41) is 14.6. The summed E-state index contributed by atoms with van der Waals surface area (Å²) in [7, 11) is 0. The summed E-state index contributed by atoms with van der Waals surface area (Å²) in [6.07, 6.45) is 3.18.